The Bertz CT molecular complexity index is 1060. The summed E-state index contributed by atoms with van der Waals surface area (Å²) in [5.41, 5.74) is 0.869. The monoisotopic (exact) mass is 477 g/mol. The molecule has 2 aromatic carbocycles. The Morgan fingerprint density at radius 2 is 1.85 bits per heavy atom. The summed E-state index contributed by atoms with van der Waals surface area (Å²) in [5, 5.41) is 19.5. The van der Waals surface area contributed by atoms with Crippen molar-refractivity contribution in [2.75, 3.05) is 19.8 Å². The maximum absolute atomic E-state index is 15.3. The van der Waals surface area contributed by atoms with Crippen LogP contribution in [0, 0.1) is 5.82 Å². The molecule has 2 aliphatic heterocycles. The molecular weight excluding hydrogens is 445 g/mol. The third kappa shape index (κ3) is 4.59. The summed E-state index contributed by atoms with van der Waals surface area (Å²) in [6.45, 7) is 2.24. The molecule has 0 unspecified atom stereocenters. The summed E-state index contributed by atoms with van der Waals surface area (Å²) in [7, 11) is -3.66. The van der Waals surface area contributed by atoms with Gasteiger partial charge in [-0.05, 0) is 49.8 Å². The van der Waals surface area contributed by atoms with E-state index in [4.69, 9.17) is 4.74 Å². The lowest BCUT2D eigenvalue weighted by atomic mass is 9.70. The average Bonchev–Trinajstić information content (AvgIpc) is 2.82. The zero-order chi connectivity index (χ0) is 23.6. The van der Waals surface area contributed by atoms with Crippen LogP contribution in [0.3, 0.4) is 0 Å². The first-order valence-electron chi connectivity index (χ1n) is 11.5. The highest BCUT2D eigenvalue weighted by atomic mass is 32.2. The molecule has 2 N–H and O–H groups in total. The van der Waals surface area contributed by atoms with Crippen molar-refractivity contribution in [1.29, 1.82) is 0 Å². The molecule has 4 rings (SSSR count). The molecule has 2 saturated heterocycles. The van der Waals surface area contributed by atoms with E-state index in [1.165, 1.54) is 10.4 Å². The van der Waals surface area contributed by atoms with E-state index in [1.807, 2.05) is 37.3 Å². The molecule has 2 heterocycles. The maximum Gasteiger partial charge on any atom is 0.221 e. The topological polar surface area (TPSA) is 87.1 Å². The number of sulfonamides is 1. The number of benzene rings is 2. The Hall–Kier alpha value is -1.84. The van der Waals surface area contributed by atoms with E-state index in [0.29, 0.717) is 50.0 Å². The number of ether oxygens (including phenoxy) is 1. The minimum absolute atomic E-state index is 0.0440. The molecule has 3 atom stereocenters. The zero-order valence-electron chi connectivity index (χ0n) is 18.9. The minimum Gasteiger partial charge on any atom is -0.394 e. The molecule has 2 aliphatic rings. The van der Waals surface area contributed by atoms with Crippen LogP contribution in [0.5, 0.6) is 0 Å². The summed E-state index contributed by atoms with van der Waals surface area (Å²) in [6.07, 6.45) is 1.16. The number of nitrogens with zero attached hydrogens (tertiary/aromatic N) is 1. The fourth-order valence-electron chi connectivity index (χ4n) is 5.23. The second kappa shape index (κ2) is 9.80. The molecule has 0 radical (unpaired) electrons. The molecular formula is C25H32FNO5S. The van der Waals surface area contributed by atoms with E-state index in [9.17, 15) is 18.6 Å². The van der Waals surface area contributed by atoms with Crippen molar-refractivity contribution in [2.24, 2.45) is 0 Å². The van der Waals surface area contributed by atoms with Crippen LogP contribution in [0.15, 0.2) is 48.5 Å². The van der Waals surface area contributed by atoms with Gasteiger partial charge in [0, 0.05) is 36.8 Å². The average molecular weight is 478 g/mol. The van der Waals surface area contributed by atoms with Crippen LogP contribution in [0.1, 0.15) is 54.5 Å². The fourth-order valence-corrected chi connectivity index (χ4v) is 7.42. The highest BCUT2D eigenvalue weighted by molar-refractivity contribution is 7.89. The lowest BCUT2D eigenvalue weighted by molar-refractivity contribution is -0.0372. The summed E-state index contributed by atoms with van der Waals surface area (Å²) in [5.74, 6) is -0.507. The van der Waals surface area contributed by atoms with Crippen molar-refractivity contribution >= 4 is 10.0 Å². The Balaban J connectivity index is 1.62. The van der Waals surface area contributed by atoms with Gasteiger partial charge >= 0.3 is 0 Å². The third-order valence-corrected chi connectivity index (χ3v) is 9.72. The molecule has 6 nitrogen and oxygen atoms in total. The summed E-state index contributed by atoms with van der Waals surface area (Å²) < 4.78 is 49.1. The van der Waals surface area contributed by atoms with Gasteiger partial charge in [0.1, 0.15) is 11.1 Å². The van der Waals surface area contributed by atoms with Gasteiger partial charge in [0.2, 0.25) is 10.0 Å². The first-order valence-corrected chi connectivity index (χ1v) is 13.0. The minimum atomic E-state index is -3.66. The highest BCUT2D eigenvalue weighted by Gasteiger charge is 2.43. The molecule has 0 bridgehead atoms. The third-order valence-electron chi connectivity index (χ3n) is 7.35. The number of halogens is 1. The van der Waals surface area contributed by atoms with Crippen molar-refractivity contribution in [3.63, 3.8) is 0 Å². The van der Waals surface area contributed by atoms with Crippen molar-refractivity contribution < 1.29 is 27.8 Å². The SMILES string of the molecule is C[C@H]1CC[C@H](c2ccccc2)S(=O)(=O)N1Cc1ccc(C2([C@@H](O)CO)CCOCC2)cc1F. The lowest BCUT2D eigenvalue weighted by Crippen LogP contribution is -2.46. The molecule has 2 aromatic rings. The van der Waals surface area contributed by atoms with Crippen LogP contribution in [-0.2, 0) is 26.7 Å². The standard InChI is InChI=1S/C25H32FNO5S/c1-18-7-10-23(19-5-3-2-4-6-19)33(30,31)27(18)16-20-8-9-21(15-22(20)26)25(24(29)17-28)11-13-32-14-12-25/h2-6,8-9,15,18,23-24,28-29H,7,10-14,16-17H2,1H3/t18-,23+,24-/m0/s1. The summed E-state index contributed by atoms with van der Waals surface area (Å²) in [6, 6.07) is 13.7. The number of hydrogen-bond acceptors (Lipinski definition) is 5. The van der Waals surface area contributed by atoms with Gasteiger partial charge in [0.05, 0.1) is 12.7 Å². The van der Waals surface area contributed by atoms with Gasteiger partial charge in [-0.25, -0.2) is 12.8 Å². The lowest BCUT2D eigenvalue weighted by Gasteiger charge is -2.41. The number of hydrogen-bond donors (Lipinski definition) is 2. The Morgan fingerprint density at radius 3 is 2.48 bits per heavy atom. The molecule has 0 aliphatic carbocycles. The van der Waals surface area contributed by atoms with Gasteiger partial charge in [0.15, 0.2) is 0 Å². The van der Waals surface area contributed by atoms with Gasteiger partial charge in [-0.3, -0.25) is 0 Å². The zero-order valence-corrected chi connectivity index (χ0v) is 19.7. The molecule has 33 heavy (non-hydrogen) atoms. The van der Waals surface area contributed by atoms with Crippen LogP contribution in [0.2, 0.25) is 0 Å². The van der Waals surface area contributed by atoms with Crippen molar-refractivity contribution in [3.05, 3.63) is 71.0 Å². The Morgan fingerprint density at radius 1 is 1.15 bits per heavy atom. The first kappa shape index (κ1) is 24.3. The summed E-state index contributed by atoms with van der Waals surface area (Å²) in [4.78, 5) is 0. The second-order valence-corrected chi connectivity index (χ2v) is 11.3. The van der Waals surface area contributed by atoms with Gasteiger partial charge in [-0.2, -0.15) is 4.31 Å². The predicted octanol–water partition coefficient (Wildman–Crippen LogP) is 3.28. The fraction of sp³-hybridized carbons (Fsp3) is 0.520. The molecule has 0 aromatic heterocycles. The van der Waals surface area contributed by atoms with E-state index in [2.05, 4.69) is 0 Å². The van der Waals surface area contributed by atoms with Gasteiger partial charge in [0.25, 0.3) is 0 Å². The molecule has 8 heteroatoms. The van der Waals surface area contributed by atoms with Crippen LogP contribution >= 0.6 is 0 Å². The maximum atomic E-state index is 15.3. The normalized spacial score (nSPS) is 26.1. The smallest absolute Gasteiger partial charge is 0.221 e. The van der Waals surface area contributed by atoms with E-state index >= 15 is 4.39 Å². The van der Waals surface area contributed by atoms with Gasteiger partial charge in [-0.15, -0.1) is 0 Å². The van der Waals surface area contributed by atoms with Crippen molar-refractivity contribution in [2.45, 2.75) is 62.0 Å². The van der Waals surface area contributed by atoms with Crippen LogP contribution in [-0.4, -0.2) is 54.9 Å². The number of aliphatic hydroxyl groups excluding tert-OH is 2. The van der Waals surface area contributed by atoms with Crippen molar-refractivity contribution in [1.82, 2.24) is 4.31 Å². The number of rotatable bonds is 6. The molecule has 180 valence electrons. The number of aliphatic hydroxyl groups is 2. The van der Waals surface area contributed by atoms with Crippen LogP contribution in [0.25, 0.3) is 0 Å². The molecule has 2 fully saturated rings. The summed E-state index contributed by atoms with van der Waals surface area (Å²) >= 11 is 0. The van der Waals surface area contributed by atoms with Gasteiger partial charge in [-0.1, -0.05) is 42.5 Å². The Labute approximate surface area is 195 Å². The highest BCUT2D eigenvalue weighted by Crippen LogP contribution is 2.40. The van der Waals surface area contributed by atoms with Crippen LogP contribution < -0.4 is 0 Å². The van der Waals surface area contributed by atoms with Crippen molar-refractivity contribution in [3.8, 4) is 0 Å². The quantitative estimate of drug-likeness (QED) is 0.667. The molecule has 0 spiro atoms. The van der Waals surface area contributed by atoms with E-state index in [1.54, 1.807) is 12.1 Å². The predicted molar refractivity (Wildman–Crippen MR) is 124 cm³/mol. The van der Waals surface area contributed by atoms with Crippen LogP contribution in [0.4, 0.5) is 4.39 Å². The van der Waals surface area contributed by atoms with Gasteiger partial charge < -0.3 is 14.9 Å². The van der Waals surface area contributed by atoms with E-state index in [0.717, 1.165) is 5.56 Å². The van der Waals surface area contributed by atoms with E-state index in [-0.39, 0.29) is 12.6 Å². The molecule has 0 saturated carbocycles. The first-order chi connectivity index (χ1) is 15.8. The Kier molecular flexibility index (Phi) is 7.21. The molecule has 0 amide bonds. The largest absolute Gasteiger partial charge is 0.394 e. The van der Waals surface area contributed by atoms with E-state index < -0.39 is 39.2 Å². The second-order valence-electron chi connectivity index (χ2n) is 9.19.